The average molecular weight is 275 g/mol. The number of likely N-dealkylation sites (tertiary alicyclic amines) is 1. The van der Waals surface area contributed by atoms with Gasteiger partial charge in [-0.15, -0.1) is 0 Å². The minimum atomic E-state index is 0.364. The molecule has 4 nitrogen and oxygen atoms in total. The van der Waals surface area contributed by atoms with Crippen LogP contribution in [0.2, 0.25) is 0 Å². The van der Waals surface area contributed by atoms with Crippen molar-refractivity contribution in [1.29, 1.82) is 0 Å². The number of hydrogen-bond acceptors (Lipinski definition) is 4. The topological polar surface area (TPSA) is 28.6 Å². The lowest BCUT2D eigenvalue weighted by Gasteiger charge is -2.33. The van der Waals surface area contributed by atoms with E-state index in [0.717, 1.165) is 25.4 Å². The van der Waals surface area contributed by atoms with Crippen LogP contribution in [0.1, 0.15) is 24.2 Å². The highest BCUT2D eigenvalue weighted by Gasteiger charge is 2.44. The van der Waals surface area contributed by atoms with Crippen molar-refractivity contribution >= 4 is 0 Å². The maximum Gasteiger partial charge on any atom is 0.0897 e. The zero-order valence-corrected chi connectivity index (χ0v) is 12.7. The smallest absolute Gasteiger partial charge is 0.0897 e. The van der Waals surface area contributed by atoms with Gasteiger partial charge < -0.3 is 9.64 Å². The summed E-state index contributed by atoms with van der Waals surface area (Å²) in [4.78, 5) is 9.53. The van der Waals surface area contributed by atoms with Gasteiger partial charge in [-0.2, -0.15) is 0 Å². The van der Waals surface area contributed by atoms with Crippen molar-refractivity contribution in [2.24, 2.45) is 0 Å². The van der Waals surface area contributed by atoms with Gasteiger partial charge in [0.1, 0.15) is 0 Å². The standard InChI is InChI=1S/C16H25N3O/c1-12-6-4-7-13(17-12)10-19-11-15(18(2)3)16-14(19)8-5-9-20-16/h4,6-7,14-16H,5,8-11H2,1-3H3/t14-,15-,16+/m1/s1. The van der Waals surface area contributed by atoms with Gasteiger partial charge in [0.15, 0.2) is 0 Å². The Morgan fingerprint density at radius 2 is 2.25 bits per heavy atom. The lowest BCUT2D eigenvalue weighted by Crippen LogP contribution is -2.45. The second-order valence-electron chi connectivity index (χ2n) is 6.28. The third-order valence-corrected chi connectivity index (χ3v) is 4.58. The molecule has 2 aliphatic rings. The van der Waals surface area contributed by atoms with E-state index in [1.807, 2.05) is 0 Å². The van der Waals surface area contributed by atoms with Crippen molar-refractivity contribution in [2.45, 2.75) is 44.5 Å². The summed E-state index contributed by atoms with van der Waals surface area (Å²) in [6.07, 6.45) is 2.79. The van der Waals surface area contributed by atoms with Crippen LogP contribution < -0.4 is 0 Å². The van der Waals surface area contributed by atoms with Crippen LogP contribution in [0.25, 0.3) is 0 Å². The lowest BCUT2D eigenvalue weighted by atomic mass is 10.0. The van der Waals surface area contributed by atoms with E-state index >= 15 is 0 Å². The molecule has 0 saturated carbocycles. The van der Waals surface area contributed by atoms with Gasteiger partial charge in [0.05, 0.1) is 11.8 Å². The molecule has 2 saturated heterocycles. The van der Waals surface area contributed by atoms with Gasteiger partial charge in [0, 0.05) is 37.5 Å². The van der Waals surface area contributed by atoms with E-state index in [4.69, 9.17) is 4.74 Å². The van der Waals surface area contributed by atoms with Gasteiger partial charge in [-0.3, -0.25) is 9.88 Å². The third-order valence-electron chi connectivity index (χ3n) is 4.58. The Labute approximate surface area is 121 Å². The van der Waals surface area contributed by atoms with Crippen LogP contribution in [0.5, 0.6) is 0 Å². The maximum absolute atomic E-state index is 6.06. The van der Waals surface area contributed by atoms with Crippen molar-refractivity contribution < 1.29 is 4.74 Å². The van der Waals surface area contributed by atoms with Crippen LogP contribution in [0.3, 0.4) is 0 Å². The average Bonchev–Trinajstić information content (AvgIpc) is 2.78. The van der Waals surface area contributed by atoms with Crippen molar-refractivity contribution in [2.75, 3.05) is 27.2 Å². The zero-order valence-electron chi connectivity index (χ0n) is 12.7. The summed E-state index contributed by atoms with van der Waals surface area (Å²) >= 11 is 0. The minimum absolute atomic E-state index is 0.364. The molecule has 2 aliphatic heterocycles. The van der Waals surface area contributed by atoms with Crippen molar-refractivity contribution in [3.05, 3.63) is 29.6 Å². The number of fused-ring (bicyclic) bond motifs is 1. The molecule has 1 aromatic rings. The molecule has 3 rings (SSSR count). The predicted octanol–water partition coefficient (Wildman–Crippen LogP) is 1.68. The number of nitrogens with zero attached hydrogens (tertiary/aromatic N) is 3. The fraction of sp³-hybridized carbons (Fsp3) is 0.688. The summed E-state index contributed by atoms with van der Waals surface area (Å²) in [5.41, 5.74) is 2.27. The van der Waals surface area contributed by atoms with Gasteiger partial charge in [-0.25, -0.2) is 0 Å². The molecule has 0 aromatic carbocycles. The Balaban J connectivity index is 1.75. The van der Waals surface area contributed by atoms with Gasteiger partial charge in [-0.05, 0) is 46.0 Å². The molecule has 4 heteroatoms. The predicted molar refractivity (Wildman–Crippen MR) is 79.6 cm³/mol. The first-order chi connectivity index (χ1) is 9.65. The zero-order chi connectivity index (χ0) is 14.1. The molecule has 0 spiro atoms. The SMILES string of the molecule is Cc1cccc(CN2C[C@@H](N(C)C)[C@H]3OCCC[C@H]32)n1. The molecule has 0 bridgehead atoms. The van der Waals surface area contributed by atoms with Crippen LogP contribution in [-0.2, 0) is 11.3 Å². The monoisotopic (exact) mass is 275 g/mol. The van der Waals surface area contributed by atoms with E-state index in [-0.39, 0.29) is 0 Å². The first-order valence-corrected chi connectivity index (χ1v) is 7.60. The highest BCUT2D eigenvalue weighted by Crippen LogP contribution is 2.31. The van der Waals surface area contributed by atoms with Crippen LogP contribution >= 0.6 is 0 Å². The summed E-state index contributed by atoms with van der Waals surface area (Å²) in [5.74, 6) is 0. The van der Waals surface area contributed by atoms with Gasteiger partial charge in [0.25, 0.3) is 0 Å². The fourth-order valence-electron chi connectivity index (χ4n) is 3.56. The molecule has 3 heterocycles. The number of ether oxygens (including phenoxy) is 1. The fourth-order valence-corrected chi connectivity index (χ4v) is 3.56. The molecular formula is C16H25N3O. The summed E-state index contributed by atoms with van der Waals surface area (Å²) in [6, 6.07) is 7.35. The molecule has 0 N–H and O–H groups in total. The van der Waals surface area contributed by atoms with E-state index in [2.05, 4.69) is 54.0 Å². The Bertz CT molecular complexity index is 463. The van der Waals surface area contributed by atoms with Crippen LogP contribution in [0.4, 0.5) is 0 Å². The summed E-state index contributed by atoms with van der Waals surface area (Å²) in [5, 5.41) is 0. The summed E-state index contributed by atoms with van der Waals surface area (Å²) in [7, 11) is 4.32. The molecule has 1 aromatic heterocycles. The molecule has 20 heavy (non-hydrogen) atoms. The Morgan fingerprint density at radius 3 is 3.00 bits per heavy atom. The van der Waals surface area contributed by atoms with E-state index in [0.29, 0.717) is 18.2 Å². The Hall–Kier alpha value is -0.970. The molecule has 0 amide bonds. The van der Waals surface area contributed by atoms with Crippen LogP contribution in [-0.4, -0.2) is 60.2 Å². The molecule has 0 radical (unpaired) electrons. The first kappa shape index (κ1) is 14.0. The van der Waals surface area contributed by atoms with Gasteiger partial charge in [-0.1, -0.05) is 6.07 Å². The highest BCUT2D eigenvalue weighted by atomic mass is 16.5. The third kappa shape index (κ3) is 2.73. The second kappa shape index (κ2) is 5.80. The first-order valence-electron chi connectivity index (χ1n) is 7.60. The Kier molecular flexibility index (Phi) is 4.06. The molecule has 3 atom stereocenters. The number of aromatic nitrogens is 1. The van der Waals surface area contributed by atoms with Crippen LogP contribution in [0, 0.1) is 6.92 Å². The van der Waals surface area contributed by atoms with E-state index in [9.17, 15) is 0 Å². The normalized spacial score (nSPS) is 30.7. The quantitative estimate of drug-likeness (QED) is 0.839. The van der Waals surface area contributed by atoms with Gasteiger partial charge >= 0.3 is 0 Å². The van der Waals surface area contributed by atoms with E-state index < -0.39 is 0 Å². The molecule has 0 aliphatic carbocycles. The number of rotatable bonds is 3. The molecule has 0 unspecified atom stereocenters. The van der Waals surface area contributed by atoms with Crippen molar-refractivity contribution in [1.82, 2.24) is 14.8 Å². The number of pyridine rings is 1. The highest BCUT2D eigenvalue weighted by molar-refractivity contribution is 5.11. The van der Waals surface area contributed by atoms with Crippen LogP contribution in [0.15, 0.2) is 18.2 Å². The molecular weight excluding hydrogens is 250 g/mol. The number of likely N-dealkylation sites (N-methyl/N-ethyl adjacent to an activating group) is 1. The van der Waals surface area contributed by atoms with E-state index in [1.165, 1.54) is 18.5 Å². The summed E-state index contributed by atoms with van der Waals surface area (Å²) < 4.78 is 6.06. The maximum atomic E-state index is 6.06. The molecule has 2 fully saturated rings. The van der Waals surface area contributed by atoms with Gasteiger partial charge in [0.2, 0.25) is 0 Å². The number of hydrogen-bond donors (Lipinski definition) is 0. The lowest BCUT2D eigenvalue weighted by molar-refractivity contribution is -0.0344. The minimum Gasteiger partial charge on any atom is -0.375 e. The van der Waals surface area contributed by atoms with Crippen molar-refractivity contribution in [3.8, 4) is 0 Å². The molecule has 110 valence electrons. The van der Waals surface area contributed by atoms with Crippen molar-refractivity contribution in [3.63, 3.8) is 0 Å². The second-order valence-corrected chi connectivity index (χ2v) is 6.28. The summed E-state index contributed by atoms with van der Waals surface area (Å²) in [6.45, 7) is 5.00. The van der Waals surface area contributed by atoms with E-state index in [1.54, 1.807) is 0 Å². The number of aryl methyl sites for hydroxylation is 1. The Morgan fingerprint density at radius 1 is 1.40 bits per heavy atom. The largest absolute Gasteiger partial charge is 0.375 e.